The first-order valence-corrected chi connectivity index (χ1v) is 7.02. The van der Waals surface area contributed by atoms with Crippen LogP contribution in [0.3, 0.4) is 0 Å². The molecule has 4 heteroatoms. The molecule has 2 rings (SSSR count). The predicted octanol–water partition coefficient (Wildman–Crippen LogP) is 2.48. The zero-order chi connectivity index (χ0) is 12.3. The minimum atomic E-state index is -0.383. The van der Waals surface area contributed by atoms with Crippen molar-refractivity contribution in [2.75, 3.05) is 6.61 Å². The van der Waals surface area contributed by atoms with Crippen LogP contribution in [-0.4, -0.2) is 23.2 Å². The monoisotopic (exact) mass is 253 g/mol. The van der Waals surface area contributed by atoms with Gasteiger partial charge in [0.2, 0.25) is 0 Å². The van der Waals surface area contributed by atoms with Gasteiger partial charge < -0.3 is 10.4 Å². The molecule has 1 amide bonds. The molecule has 0 atom stereocenters. The summed E-state index contributed by atoms with van der Waals surface area (Å²) in [5.74, 6) is -0.0338. The maximum atomic E-state index is 12.1. The van der Waals surface area contributed by atoms with Crippen LogP contribution in [0.4, 0.5) is 0 Å². The van der Waals surface area contributed by atoms with Gasteiger partial charge in [0.15, 0.2) is 0 Å². The number of amides is 1. The minimum Gasteiger partial charge on any atom is -0.394 e. The Hall–Kier alpha value is -0.870. The van der Waals surface area contributed by atoms with Crippen molar-refractivity contribution in [3.63, 3.8) is 0 Å². The number of aliphatic hydroxyl groups excluding tert-OH is 1. The molecular formula is C13H19NO2S. The van der Waals surface area contributed by atoms with Crippen LogP contribution in [0.1, 0.15) is 47.3 Å². The van der Waals surface area contributed by atoms with E-state index in [4.69, 9.17) is 0 Å². The Labute approximate surface area is 106 Å². The van der Waals surface area contributed by atoms with Crippen LogP contribution in [0.25, 0.3) is 0 Å². The van der Waals surface area contributed by atoms with Crippen molar-refractivity contribution in [1.82, 2.24) is 5.32 Å². The summed E-state index contributed by atoms with van der Waals surface area (Å²) in [6.07, 6.45) is 5.16. The van der Waals surface area contributed by atoms with E-state index in [0.29, 0.717) is 0 Å². The molecule has 0 aliphatic heterocycles. The zero-order valence-electron chi connectivity index (χ0n) is 10.2. The fourth-order valence-corrected chi connectivity index (χ4v) is 3.27. The van der Waals surface area contributed by atoms with E-state index >= 15 is 0 Å². The highest BCUT2D eigenvalue weighted by Crippen LogP contribution is 2.28. The average Bonchev–Trinajstić information content (AvgIpc) is 2.77. The summed E-state index contributed by atoms with van der Waals surface area (Å²) in [5.41, 5.74) is 0.627. The zero-order valence-corrected chi connectivity index (χ0v) is 11.0. The van der Waals surface area contributed by atoms with Crippen LogP contribution in [0.2, 0.25) is 0 Å². The van der Waals surface area contributed by atoms with Crippen LogP contribution in [-0.2, 0) is 0 Å². The summed E-state index contributed by atoms with van der Waals surface area (Å²) in [7, 11) is 0. The Bertz CT molecular complexity index is 394. The molecule has 0 radical (unpaired) electrons. The second-order valence-corrected chi connectivity index (χ2v) is 5.80. The van der Waals surface area contributed by atoms with Crippen LogP contribution in [0.15, 0.2) is 11.4 Å². The molecule has 1 aliphatic carbocycles. The Morgan fingerprint density at radius 3 is 2.71 bits per heavy atom. The summed E-state index contributed by atoms with van der Waals surface area (Å²) in [6.45, 7) is 1.99. The van der Waals surface area contributed by atoms with Gasteiger partial charge >= 0.3 is 0 Å². The third-order valence-electron chi connectivity index (χ3n) is 3.56. The SMILES string of the molecule is Cc1ccsc1C(=O)NC1(CO)CCCCC1. The molecule has 1 saturated carbocycles. The maximum absolute atomic E-state index is 12.1. The third-order valence-corrected chi connectivity index (χ3v) is 4.58. The van der Waals surface area contributed by atoms with E-state index in [1.54, 1.807) is 0 Å². The van der Waals surface area contributed by atoms with Crippen LogP contribution < -0.4 is 5.32 Å². The first kappa shape index (κ1) is 12.6. The largest absolute Gasteiger partial charge is 0.394 e. The highest BCUT2D eigenvalue weighted by atomic mass is 32.1. The average molecular weight is 253 g/mol. The number of thiophene rings is 1. The number of aryl methyl sites for hydroxylation is 1. The van der Waals surface area contributed by atoms with E-state index in [2.05, 4.69) is 5.32 Å². The van der Waals surface area contributed by atoms with Gasteiger partial charge in [-0.2, -0.15) is 0 Å². The van der Waals surface area contributed by atoms with Gasteiger partial charge in [-0.15, -0.1) is 11.3 Å². The number of aliphatic hydroxyl groups is 1. The van der Waals surface area contributed by atoms with E-state index in [9.17, 15) is 9.90 Å². The molecule has 1 heterocycles. The molecular weight excluding hydrogens is 234 g/mol. The van der Waals surface area contributed by atoms with Gasteiger partial charge in [0.25, 0.3) is 5.91 Å². The van der Waals surface area contributed by atoms with Gasteiger partial charge in [0, 0.05) is 0 Å². The topological polar surface area (TPSA) is 49.3 Å². The third kappa shape index (κ3) is 2.69. The van der Waals surface area contributed by atoms with E-state index in [-0.39, 0.29) is 18.1 Å². The molecule has 94 valence electrons. The van der Waals surface area contributed by atoms with Crippen molar-refractivity contribution in [3.8, 4) is 0 Å². The lowest BCUT2D eigenvalue weighted by atomic mass is 9.82. The fourth-order valence-electron chi connectivity index (χ4n) is 2.45. The van der Waals surface area contributed by atoms with Gasteiger partial charge in [0.1, 0.15) is 0 Å². The second-order valence-electron chi connectivity index (χ2n) is 4.89. The minimum absolute atomic E-state index is 0.0338. The standard InChI is InChI=1S/C13H19NO2S/c1-10-5-8-17-11(10)12(16)14-13(9-15)6-3-2-4-7-13/h5,8,15H,2-4,6-7,9H2,1H3,(H,14,16). The first-order chi connectivity index (χ1) is 8.17. The lowest BCUT2D eigenvalue weighted by Crippen LogP contribution is -2.52. The second kappa shape index (κ2) is 5.19. The van der Waals surface area contributed by atoms with Gasteiger partial charge in [-0.05, 0) is 36.8 Å². The molecule has 0 saturated heterocycles. The normalized spacial score (nSPS) is 18.9. The Balaban J connectivity index is 2.08. The Morgan fingerprint density at radius 1 is 1.47 bits per heavy atom. The molecule has 1 aromatic heterocycles. The molecule has 1 aromatic rings. The van der Waals surface area contributed by atoms with Crippen LogP contribution >= 0.6 is 11.3 Å². The molecule has 3 nitrogen and oxygen atoms in total. The molecule has 0 unspecified atom stereocenters. The summed E-state index contributed by atoms with van der Waals surface area (Å²) < 4.78 is 0. The summed E-state index contributed by atoms with van der Waals surface area (Å²) in [6, 6.07) is 1.95. The lowest BCUT2D eigenvalue weighted by molar-refractivity contribution is 0.0762. The van der Waals surface area contributed by atoms with Crippen molar-refractivity contribution >= 4 is 17.2 Å². The molecule has 1 fully saturated rings. The van der Waals surface area contributed by atoms with Gasteiger partial charge in [0.05, 0.1) is 17.0 Å². The highest BCUT2D eigenvalue weighted by molar-refractivity contribution is 7.12. The predicted molar refractivity (Wildman–Crippen MR) is 69.4 cm³/mol. The Kier molecular flexibility index (Phi) is 3.84. The molecule has 0 aromatic carbocycles. The van der Waals surface area contributed by atoms with Gasteiger partial charge in [-0.1, -0.05) is 19.3 Å². The summed E-state index contributed by atoms with van der Waals surface area (Å²) in [4.78, 5) is 12.9. The van der Waals surface area contributed by atoms with E-state index < -0.39 is 0 Å². The van der Waals surface area contributed by atoms with Crippen molar-refractivity contribution in [2.24, 2.45) is 0 Å². The van der Waals surface area contributed by atoms with E-state index in [0.717, 1.165) is 36.1 Å². The molecule has 1 aliphatic rings. The summed E-state index contributed by atoms with van der Waals surface area (Å²) >= 11 is 1.46. The highest BCUT2D eigenvalue weighted by Gasteiger charge is 2.33. The molecule has 0 spiro atoms. The van der Waals surface area contributed by atoms with Crippen molar-refractivity contribution < 1.29 is 9.90 Å². The van der Waals surface area contributed by atoms with Crippen molar-refractivity contribution in [1.29, 1.82) is 0 Å². The smallest absolute Gasteiger partial charge is 0.262 e. The molecule has 2 N–H and O–H groups in total. The quantitative estimate of drug-likeness (QED) is 0.869. The number of hydrogen-bond acceptors (Lipinski definition) is 3. The number of nitrogens with one attached hydrogen (secondary N) is 1. The summed E-state index contributed by atoms with van der Waals surface area (Å²) in [5, 5.41) is 14.5. The fraction of sp³-hybridized carbons (Fsp3) is 0.615. The number of carbonyl (C=O) groups excluding carboxylic acids is 1. The number of carbonyl (C=O) groups is 1. The van der Waals surface area contributed by atoms with Crippen LogP contribution in [0, 0.1) is 6.92 Å². The molecule has 0 bridgehead atoms. The van der Waals surface area contributed by atoms with E-state index in [1.807, 2.05) is 18.4 Å². The van der Waals surface area contributed by atoms with Crippen LogP contribution in [0.5, 0.6) is 0 Å². The number of rotatable bonds is 3. The van der Waals surface area contributed by atoms with Gasteiger partial charge in [-0.25, -0.2) is 0 Å². The first-order valence-electron chi connectivity index (χ1n) is 6.14. The number of hydrogen-bond donors (Lipinski definition) is 2. The molecule has 17 heavy (non-hydrogen) atoms. The van der Waals surface area contributed by atoms with E-state index in [1.165, 1.54) is 17.8 Å². The van der Waals surface area contributed by atoms with Gasteiger partial charge in [-0.3, -0.25) is 4.79 Å². The maximum Gasteiger partial charge on any atom is 0.262 e. The lowest BCUT2D eigenvalue weighted by Gasteiger charge is -2.36. The van der Waals surface area contributed by atoms with Crippen molar-refractivity contribution in [2.45, 2.75) is 44.6 Å². The van der Waals surface area contributed by atoms with Crippen molar-refractivity contribution in [3.05, 3.63) is 21.9 Å². The Morgan fingerprint density at radius 2 is 2.18 bits per heavy atom.